The number of amides is 1. The summed E-state index contributed by atoms with van der Waals surface area (Å²) in [6, 6.07) is 2.62. The maximum atomic E-state index is 12.2. The SMILES string of the molecule is CC(C)N(C)CCNC(=O)c1cc(Br)cn1C(C)C. The van der Waals surface area contributed by atoms with Gasteiger partial charge < -0.3 is 14.8 Å². The minimum Gasteiger partial charge on any atom is -0.349 e. The molecule has 1 aromatic rings. The normalized spacial score (nSPS) is 11.6. The summed E-state index contributed by atoms with van der Waals surface area (Å²) < 4.78 is 2.91. The summed E-state index contributed by atoms with van der Waals surface area (Å²) in [7, 11) is 2.06. The molecular formula is C14H24BrN3O. The van der Waals surface area contributed by atoms with Crippen molar-refractivity contribution in [2.24, 2.45) is 0 Å². The number of nitrogens with zero attached hydrogens (tertiary/aromatic N) is 2. The van der Waals surface area contributed by atoms with E-state index in [1.54, 1.807) is 0 Å². The first-order chi connectivity index (χ1) is 8.82. The second-order valence-electron chi connectivity index (χ2n) is 5.37. The highest BCUT2D eigenvalue weighted by Crippen LogP contribution is 2.19. The third-order valence-corrected chi connectivity index (χ3v) is 3.67. The van der Waals surface area contributed by atoms with E-state index in [4.69, 9.17) is 0 Å². The number of likely N-dealkylation sites (N-methyl/N-ethyl adjacent to an activating group) is 1. The molecule has 0 aliphatic heterocycles. The Hall–Kier alpha value is -0.810. The summed E-state index contributed by atoms with van der Waals surface area (Å²) in [5.74, 6) is -0.0171. The van der Waals surface area contributed by atoms with Crippen LogP contribution in [0.1, 0.15) is 44.2 Å². The first kappa shape index (κ1) is 16.2. The van der Waals surface area contributed by atoms with E-state index in [1.165, 1.54) is 0 Å². The van der Waals surface area contributed by atoms with E-state index in [0.717, 1.165) is 11.0 Å². The molecule has 0 aromatic carbocycles. The molecule has 1 rings (SSSR count). The van der Waals surface area contributed by atoms with E-state index in [9.17, 15) is 4.79 Å². The highest BCUT2D eigenvalue weighted by molar-refractivity contribution is 9.10. The maximum absolute atomic E-state index is 12.2. The van der Waals surface area contributed by atoms with Crippen molar-refractivity contribution >= 4 is 21.8 Å². The van der Waals surface area contributed by atoms with Crippen molar-refractivity contribution in [1.29, 1.82) is 0 Å². The fraction of sp³-hybridized carbons (Fsp3) is 0.643. The van der Waals surface area contributed by atoms with Gasteiger partial charge in [-0.1, -0.05) is 0 Å². The smallest absolute Gasteiger partial charge is 0.268 e. The van der Waals surface area contributed by atoms with Crippen LogP contribution in [0.4, 0.5) is 0 Å². The molecule has 0 fully saturated rings. The van der Waals surface area contributed by atoms with Gasteiger partial charge in [-0.15, -0.1) is 0 Å². The lowest BCUT2D eigenvalue weighted by molar-refractivity contribution is 0.0937. The van der Waals surface area contributed by atoms with Gasteiger partial charge in [0.15, 0.2) is 0 Å². The van der Waals surface area contributed by atoms with E-state index >= 15 is 0 Å². The molecule has 0 bridgehead atoms. The van der Waals surface area contributed by atoms with Crippen LogP contribution >= 0.6 is 15.9 Å². The Bertz CT molecular complexity index is 426. The zero-order valence-corrected chi connectivity index (χ0v) is 14.0. The van der Waals surface area contributed by atoms with Gasteiger partial charge in [-0.05, 0) is 56.7 Å². The highest BCUT2D eigenvalue weighted by atomic mass is 79.9. The lowest BCUT2D eigenvalue weighted by atomic mass is 10.3. The summed E-state index contributed by atoms with van der Waals surface area (Å²) in [4.78, 5) is 14.4. The number of hydrogen-bond donors (Lipinski definition) is 1. The minimum atomic E-state index is -0.0171. The van der Waals surface area contributed by atoms with Crippen LogP contribution in [0.2, 0.25) is 0 Å². The number of carbonyl (C=O) groups is 1. The number of nitrogens with one attached hydrogen (secondary N) is 1. The van der Waals surface area contributed by atoms with E-state index in [1.807, 2.05) is 16.8 Å². The summed E-state index contributed by atoms with van der Waals surface area (Å²) in [5, 5.41) is 2.97. The zero-order valence-electron chi connectivity index (χ0n) is 12.4. The lowest BCUT2D eigenvalue weighted by Gasteiger charge is -2.21. The van der Waals surface area contributed by atoms with Crippen molar-refractivity contribution in [2.45, 2.75) is 39.8 Å². The van der Waals surface area contributed by atoms with Crippen LogP contribution < -0.4 is 5.32 Å². The molecule has 19 heavy (non-hydrogen) atoms. The molecule has 0 saturated heterocycles. The average molecular weight is 330 g/mol. The molecule has 0 saturated carbocycles. The van der Waals surface area contributed by atoms with Crippen LogP contribution in [0.5, 0.6) is 0 Å². The van der Waals surface area contributed by atoms with Gasteiger partial charge in [0, 0.05) is 35.8 Å². The summed E-state index contributed by atoms with van der Waals surface area (Å²) in [5.41, 5.74) is 0.703. The standard InChI is InChI=1S/C14H24BrN3O/c1-10(2)17(5)7-6-16-14(19)13-8-12(15)9-18(13)11(3)4/h8-11H,6-7H2,1-5H3,(H,16,19). The number of halogens is 1. The third kappa shape index (κ3) is 4.66. The predicted molar refractivity (Wildman–Crippen MR) is 82.6 cm³/mol. The Morgan fingerprint density at radius 1 is 1.42 bits per heavy atom. The van der Waals surface area contributed by atoms with Gasteiger partial charge in [-0.25, -0.2) is 0 Å². The van der Waals surface area contributed by atoms with Gasteiger partial charge in [-0.2, -0.15) is 0 Å². The molecule has 4 nitrogen and oxygen atoms in total. The van der Waals surface area contributed by atoms with Crippen LogP contribution in [0.15, 0.2) is 16.7 Å². The Labute approximate surface area is 124 Å². The van der Waals surface area contributed by atoms with Crippen LogP contribution in [0.25, 0.3) is 0 Å². The molecular weight excluding hydrogens is 306 g/mol. The molecule has 0 atom stereocenters. The molecule has 1 amide bonds. The molecule has 0 aliphatic rings. The molecule has 0 radical (unpaired) electrons. The van der Waals surface area contributed by atoms with Gasteiger partial charge in [0.1, 0.15) is 5.69 Å². The fourth-order valence-corrected chi connectivity index (χ4v) is 2.19. The first-order valence-electron chi connectivity index (χ1n) is 6.68. The Morgan fingerprint density at radius 3 is 2.58 bits per heavy atom. The van der Waals surface area contributed by atoms with Gasteiger partial charge in [0.05, 0.1) is 0 Å². The summed E-state index contributed by atoms with van der Waals surface area (Å²) in [6.45, 7) is 9.93. The number of aromatic nitrogens is 1. The summed E-state index contributed by atoms with van der Waals surface area (Å²) in [6.07, 6.45) is 1.94. The Morgan fingerprint density at radius 2 is 2.05 bits per heavy atom. The van der Waals surface area contributed by atoms with Crippen LogP contribution in [0, 0.1) is 0 Å². The highest BCUT2D eigenvalue weighted by Gasteiger charge is 2.14. The van der Waals surface area contributed by atoms with E-state index in [-0.39, 0.29) is 11.9 Å². The van der Waals surface area contributed by atoms with Crippen molar-refractivity contribution in [3.63, 3.8) is 0 Å². The molecule has 1 heterocycles. The zero-order chi connectivity index (χ0) is 14.6. The van der Waals surface area contributed by atoms with Crippen LogP contribution in [0.3, 0.4) is 0 Å². The quantitative estimate of drug-likeness (QED) is 0.871. The Kier molecular flexibility index (Phi) is 6.07. The average Bonchev–Trinajstić information content (AvgIpc) is 2.71. The monoisotopic (exact) mass is 329 g/mol. The second kappa shape index (κ2) is 7.10. The minimum absolute atomic E-state index is 0.0171. The number of rotatable bonds is 6. The fourth-order valence-electron chi connectivity index (χ4n) is 1.75. The second-order valence-corrected chi connectivity index (χ2v) is 6.29. The van der Waals surface area contributed by atoms with Crippen molar-refractivity contribution in [1.82, 2.24) is 14.8 Å². The molecule has 0 spiro atoms. The van der Waals surface area contributed by atoms with E-state index in [0.29, 0.717) is 18.3 Å². The Balaban J connectivity index is 2.59. The molecule has 108 valence electrons. The molecule has 0 unspecified atom stereocenters. The van der Waals surface area contributed by atoms with Crippen molar-refractivity contribution < 1.29 is 4.79 Å². The third-order valence-electron chi connectivity index (χ3n) is 3.24. The number of carbonyl (C=O) groups excluding carboxylic acids is 1. The van der Waals surface area contributed by atoms with Crippen molar-refractivity contribution in [2.75, 3.05) is 20.1 Å². The topological polar surface area (TPSA) is 37.3 Å². The van der Waals surface area contributed by atoms with Gasteiger partial charge in [0.2, 0.25) is 0 Å². The first-order valence-corrected chi connectivity index (χ1v) is 7.48. The lowest BCUT2D eigenvalue weighted by Crippen LogP contribution is -2.36. The van der Waals surface area contributed by atoms with Gasteiger partial charge in [-0.3, -0.25) is 4.79 Å². The van der Waals surface area contributed by atoms with Crippen LogP contribution in [-0.4, -0.2) is 41.6 Å². The molecule has 0 aliphatic carbocycles. The van der Waals surface area contributed by atoms with Crippen molar-refractivity contribution in [3.8, 4) is 0 Å². The molecule has 1 N–H and O–H groups in total. The predicted octanol–water partition coefficient (Wildman–Crippen LogP) is 2.90. The largest absolute Gasteiger partial charge is 0.349 e. The van der Waals surface area contributed by atoms with Crippen molar-refractivity contribution in [3.05, 3.63) is 22.4 Å². The molecule has 1 aromatic heterocycles. The van der Waals surface area contributed by atoms with Gasteiger partial charge in [0.25, 0.3) is 5.91 Å². The number of hydrogen-bond acceptors (Lipinski definition) is 2. The summed E-state index contributed by atoms with van der Waals surface area (Å²) >= 11 is 3.42. The molecule has 5 heteroatoms. The maximum Gasteiger partial charge on any atom is 0.268 e. The van der Waals surface area contributed by atoms with Gasteiger partial charge >= 0.3 is 0 Å². The van der Waals surface area contributed by atoms with Crippen LogP contribution in [-0.2, 0) is 0 Å². The van der Waals surface area contributed by atoms with E-state index < -0.39 is 0 Å². The van der Waals surface area contributed by atoms with E-state index in [2.05, 4.69) is 60.9 Å².